The summed E-state index contributed by atoms with van der Waals surface area (Å²) in [5.41, 5.74) is 0. The van der Waals surface area contributed by atoms with Crippen molar-refractivity contribution in [1.29, 1.82) is 0 Å². The molecule has 1 aromatic heterocycles. The van der Waals surface area contributed by atoms with E-state index in [0.29, 0.717) is 31.1 Å². The summed E-state index contributed by atoms with van der Waals surface area (Å²) < 4.78 is 4.89. The van der Waals surface area contributed by atoms with Gasteiger partial charge >= 0.3 is 12.0 Å². The Morgan fingerprint density at radius 1 is 1.40 bits per heavy atom. The van der Waals surface area contributed by atoms with E-state index < -0.39 is 18.0 Å². The third-order valence-corrected chi connectivity index (χ3v) is 2.50. The number of nitrogens with one attached hydrogen (secondary N) is 2. The number of aromatic nitrogens is 2. The van der Waals surface area contributed by atoms with E-state index in [1.165, 1.54) is 0 Å². The summed E-state index contributed by atoms with van der Waals surface area (Å²) >= 11 is 0. The molecule has 3 N–H and O–H groups in total. The number of nitrogens with zero attached hydrogens (tertiary/aromatic N) is 2. The lowest BCUT2D eigenvalue weighted by Crippen LogP contribution is -2.47. The van der Waals surface area contributed by atoms with Crippen LogP contribution < -0.4 is 10.6 Å². The van der Waals surface area contributed by atoms with Crippen molar-refractivity contribution in [1.82, 2.24) is 20.8 Å². The Balaban J connectivity index is 2.32. The van der Waals surface area contributed by atoms with E-state index in [1.807, 2.05) is 13.8 Å². The van der Waals surface area contributed by atoms with Crippen LogP contribution in [0.2, 0.25) is 0 Å². The van der Waals surface area contributed by atoms with Crippen LogP contribution in [0.25, 0.3) is 0 Å². The van der Waals surface area contributed by atoms with Crippen LogP contribution in [0, 0.1) is 12.8 Å². The van der Waals surface area contributed by atoms with Gasteiger partial charge in [-0.2, -0.15) is 4.98 Å². The van der Waals surface area contributed by atoms with Crippen molar-refractivity contribution >= 4 is 12.0 Å². The molecule has 2 amide bonds. The van der Waals surface area contributed by atoms with Crippen LogP contribution in [0.15, 0.2) is 4.52 Å². The van der Waals surface area contributed by atoms with Gasteiger partial charge in [0.05, 0.1) is 0 Å². The number of carboxylic acids is 1. The molecule has 0 aliphatic rings. The number of urea groups is 1. The molecule has 1 heterocycles. The highest BCUT2D eigenvalue weighted by Crippen LogP contribution is 2.04. The largest absolute Gasteiger partial charge is 0.480 e. The third-order valence-electron chi connectivity index (χ3n) is 2.50. The topological polar surface area (TPSA) is 117 Å². The van der Waals surface area contributed by atoms with Crippen LogP contribution in [0.5, 0.6) is 0 Å². The Labute approximate surface area is 116 Å². The Bertz CT molecular complexity index is 458. The Hall–Kier alpha value is -2.12. The maximum Gasteiger partial charge on any atom is 0.326 e. The second-order valence-corrected chi connectivity index (χ2v) is 4.91. The number of carbonyl (C=O) groups is 2. The molecule has 0 fully saturated rings. The molecule has 20 heavy (non-hydrogen) atoms. The summed E-state index contributed by atoms with van der Waals surface area (Å²) in [6.07, 6.45) is 0.780. The van der Waals surface area contributed by atoms with E-state index >= 15 is 0 Å². The van der Waals surface area contributed by atoms with Gasteiger partial charge in [0.25, 0.3) is 0 Å². The normalized spacial score (nSPS) is 12.2. The molecule has 0 saturated carbocycles. The minimum atomic E-state index is -1.04. The highest BCUT2D eigenvalue weighted by atomic mass is 16.5. The van der Waals surface area contributed by atoms with Crippen LogP contribution in [0.1, 0.15) is 32.0 Å². The first-order chi connectivity index (χ1) is 9.38. The van der Waals surface area contributed by atoms with E-state index in [2.05, 4.69) is 20.8 Å². The molecule has 0 saturated heterocycles. The molecule has 0 aliphatic heterocycles. The Morgan fingerprint density at radius 3 is 2.60 bits per heavy atom. The van der Waals surface area contributed by atoms with Gasteiger partial charge in [-0.3, -0.25) is 0 Å². The van der Waals surface area contributed by atoms with Crippen molar-refractivity contribution in [3.8, 4) is 0 Å². The van der Waals surface area contributed by atoms with Gasteiger partial charge in [-0.1, -0.05) is 19.0 Å². The predicted octanol–water partition coefficient (Wildman–Crippen LogP) is 0.719. The molecule has 0 aliphatic carbocycles. The molecule has 0 aromatic carbocycles. The SMILES string of the molecule is Cc1noc(CCNC(=O)NC(CC(C)C)C(=O)O)n1. The third kappa shape index (κ3) is 5.68. The molecular formula is C12H20N4O4. The number of aliphatic carboxylic acids is 1. The average molecular weight is 284 g/mol. The average Bonchev–Trinajstić information content (AvgIpc) is 2.73. The predicted molar refractivity (Wildman–Crippen MR) is 70.2 cm³/mol. The minimum Gasteiger partial charge on any atom is -0.480 e. The highest BCUT2D eigenvalue weighted by molar-refractivity contribution is 5.82. The van der Waals surface area contributed by atoms with Gasteiger partial charge in [0, 0.05) is 13.0 Å². The van der Waals surface area contributed by atoms with E-state index in [0.717, 1.165) is 0 Å². The van der Waals surface area contributed by atoms with Gasteiger partial charge in [-0.15, -0.1) is 0 Å². The fraction of sp³-hybridized carbons (Fsp3) is 0.667. The van der Waals surface area contributed by atoms with Crippen molar-refractivity contribution in [2.45, 2.75) is 39.7 Å². The van der Waals surface area contributed by atoms with Gasteiger partial charge in [0.2, 0.25) is 5.89 Å². The molecule has 8 heteroatoms. The lowest BCUT2D eigenvalue weighted by molar-refractivity contribution is -0.139. The van der Waals surface area contributed by atoms with Crippen molar-refractivity contribution < 1.29 is 19.2 Å². The number of carbonyl (C=O) groups excluding carboxylic acids is 1. The maximum atomic E-state index is 11.6. The van der Waals surface area contributed by atoms with Gasteiger partial charge in [0.1, 0.15) is 6.04 Å². The van der Waals surface area contributed by atoms with E-state index in [1.54, 1.807) is 6.92 Å². The van der Waals surface area contributed by atoms with Gasteiger partial charge in [-0.25, -0.2) is 9.59 Å². The molecule has 0 bridgehead atoms. The minimum absolute atomic E-state index is 0.178. The quantitative estimate of drug-likeness (QED) is 0.679. The summed E-state index contributed by atoms with van der Waals surface area (Å²) in [4.78, 5) is 26.6. The summed E-state index contributed by atoms with van der Waals surface area (Å²) in [5, 5.41) is 17.6. The fourth-order valence-electron chi connectivity index (χ4n) is 1.63. The van der Waals surface area contributed by atoms with Crippen LogP contribution >= 0.6 is 0 Å². The fourth-order valence-corrected chi connectivity index (χ4v) is 1.63. The smallest absolute Gasteiger partial charge is 0.326 e. The monoisotopic (exact) mass is 284 g/mol. The molecule has 1 rings (SSSR count). The summed E-state index contributed by atoms with van der Waals surface area (Å²) in [6.45, 7) is 5.79. The molecule has 1 atom stereocenters. The standard InChI is InChI=1S/C12H20N4O4/c1-7(2)6-9(11(17)18)15-12(19)13-5-4-10-14-8(3)16-20-10/h7,9H,4-6H2,1-3H3,(H,17,18)(H2,13,15,19). The van der Waals surface area contributed by atoms with E-state index in [-0.39, 0.29) is 5.92 Å². The molecule has 0 spiro atoms. The van der Waals surface area contributed by atoms with Crippen LogP contribution in [-0.4, -0.2) is 39.8 Å². The summed E-state index contributed by atoms with van der Waals surface area (Å²) in [5.74, 6) is 0.103. The zero-order valence-corrected chi connectivity index (χ0v) is 11.8. The molecule has 0 radical (unpaired) electrons. The zero-order valence-electron chi connectivity index (χ0n) is 11.8. The molecule has 1 aromatic rings. The first kappa shape index (κ1) is 15.9. The van der Waals surface area contributed by atoms with Crippen LogP contribution in [0.3, 0.4) is 0 Å². The van der Waals surface area contributed by atoms with Gasteiger partial charge in [0.15, 0.2) is 5.82 Å². The van der Waals surface area contributed by atoms with Crippen LogP contribution in [0.4, 0.5) is 4.79 Å². The van der Waals surface area contributed by atoms with E-state index in [4.69, 9.17) is 9.63 Å². The van der Waals surface area contributed by atoms with Gasteiger partial charge < -0.3 is 20.3 Å². The number of rotatable bonds is 7. The lowest BCUT2D eigenvalue weighted by atomic mass is 10.0. The first-order valence-corrected chi connectivity index (χ1v) is 6.45. The Morgan fingerprint density at radius 2 is 2.10 bits per heavy atom. The zero-order chi connectivity index (χ0) is 15.1. The van der Waals surface area contributed by atoms with Crippen LogP contribution in [-0.2, 0) is 11.2 Å². The molecule has 8 nitrogen and oxygen atoms in total. The van der Waals surface area contributed by atoms with Crippen molar-refractivity contribution in [3.63, 3.8) is 0 Å². The second-order valence-electron chi connectivity index (χ2n) is 4.91. The van der Waals surface area contributed by atoms with Crippen molar-refractivity contribution in [3.05, 3.63) is 11.7 Å². The number of hydrogen-bond donors (Lipinski definition) is 3. The van der Waals surface area contributed by atoms with E-state index in [9.17, 15) is 9.59 Å². The van der Waals surface area contributed by atoms with Crippen molar-refractivity contribution in [2.24, 2.45) is 5.92 Å². The van der Waals surface area contributed by atoms with Crippen molar-refractivity contribution in [2.75, 3.05) is 6.54 Å². The lowest BCUT2D eigenvalue weighted by Gasteiger charge is -2.16. The highest BCUT2D eigenvalue weighted by Gasteiger charge is 2.20. The maximum absolute atomic E-state index is 11.6. The molecule has 1 unspecified atom stereocenters. The Kier molecular flexibility index (Phi) is 5.95. The molecule has 112 valence electrons. The summed E-state index contributed by atoms with van der Waals surface area (Å²) in [7, 11) is 0. The summed E-state index contributed by atoms with van der Waals surface area (Å²) in [6, 6.07) is -1.41. The van der Waals surface area contributed by atoms with Gasteiger partial charge in [-0.05, 0) is 19.3 Å². The number of amides is 2. The number of carboxylic acid groups (broad SMARTS) is 1. The molecular weight excluding hydrogens is 264 g/mol. The number of hydrogen-bond acceptors (Lipinski definition) is 5. The first-order valence-electron chi connectivity index (χ1n) is 6.45. The second kappa shape index (κ2) is 7.46. The number of aryl methyl sites for hydroxylation is 1.